The van der Waals surface area contributed by atoms with Crippen LogP contribution in [0.4, 0.5) is 0 Å². The van der Waals surface area contributed by atoms with Crippen molar-refractivity contribution in [1.82, 2.24) is 10.2 Å². The number of halogens is 1. The van der Waals surface area contributed by atoms with E-state index in [9.17, 15) is 4.79 Å². The fraction of sp³-hybridized carbons (Fsp3) is 0.696. The number of nitrogens with zero attached hydrogens (tertiary/aromatic N) is 1. The summed E-state index contributed by atoms with van der Waals surface area (Å²) >= 11 is 3.56. The summed E-state index contributed by atoms with van der Waals surface area (Å²) in [5.74, 6) is 0.127. The Kier molecular flexibility index (Phi) is 7.21. The average molecular weight is 451 g/mol. The highest BCUT2D eigenvalue weighted by Crippen LogP contribution is 2.45. The Bertz CT molecular complexity index is 642. The van der Waals surface area contributed by atoms with Crippen molar-refractivity contribution in [3.63, 3.8) is 0 Å². The molecule has 0 aromatic heterocycles. The molecule has 2 fully saturated rings. The normalized spacial score (nSPS) is 21.9. The number of carbonyl (C=O) groups excluding carboxylic acids is 1. The number of ether oxygens (including phenoxy) is 1. The highest BCUT2D eigenvalue weighted by Gasteiger charge is 2.46. The van der Waals surface area contributed by atoms with Crippen LogP contribution in [0.15, 0.2) is 28.7 Å². The lowest BCUT2D eigenvalue weighted by Gasteiger charge is -2.46. The third kappa shape index (κ3) is 5.37. The first-order valence-electron chi connectivity index (χ1n) is 10.7. The van der Waals surface area contributed by atoms with Gasteiger partial charge in [0.2, 0.25) is 0 Å². The van der Waals surface area contributed by atoms with Crippen LogP contribution in [0.1, 0.15) is 64.4 Å². The minimum absolute atomic E-state index is 0.0724. The molecule has 4 nitrogen and oxygen atoms in total. The van der Waals surface area contributed by atoms with Crippen LogP contribution in [0.5, 0.6) is 0 Å². The molecule has 1 aromatic carbocycles. The van der Waals surface area contributed by atoms with Gasteiger partial charge >= 0.3 is 5.97 Å². The van der Waals surface area contributed by atoms with Gasteiger partial charge in [-0.25, -0.2) is 0 Å². The van der Waals surface area contributed by atoms with Gasteiger partial charge in [0, 0.05) is 43.1 Å². The fourth-order valence-electron chi connectivity index (χ4n) is 4.43. The lowest BCUT2D eigenvalue weighted by Crippen LogP contribution is -2.52. The van der Waals surface area contributed by atoms with Crippen molar-refractivity contribution in [2.24, 2.45) is 5.41 Å². The maximum atomic E-state index is 13.0. The van der Waals surface area contributed by atoms with Gasteiger partial charge in [0.15, 0.2) is 0 Å². The first-order chi connectivity index (χ1) is 13.3. The summed E-state index contributed by atoms with van der Waals surface area (Å²) < 4.78 is 7.52. The summed E-state index contributed by atoms with van der Waals surface area (Å²) in [6, 6.07) is 8.64. The highest BCUT2D eigenvalue weighted by molar-refractivity contribution is 9.10. The zero-order chi connectivity index (χ0) is 20.2. The molecule has 1 aliphatic heterocycles. The topological polar surface area (TPSA) is 41.6 Å². The molecule has 1 aliphatic carbocycles. The first kappa shape index (κ1) is 21.8. The van der Waals surface area contributed by atoms with E-state index < -0.39 is 11.0 Å². The molecule has 28 heavy (non-hydrogen) atoms. The number of hydrogen-bond acceptors (Lipinski definition) is 4. The zero-order valence-corrected chi connectivity index (χ0v) is 19.2. The van der Waals surface area contributed by atoms with Crippen molar-refractivity contribution in [2.45, 2.75) is 64.4 Å². The van der Waals surface area contributed by atoms with E-state index in [4.69, 9.17) is 4.74 Å². The number of rotatable bonds is 5. The van der Waals surface area contributed by atoms with Crippen LogP contribution < -0.4 is 5.32 Å². The molecule has 1 atom stereocenters. The van der Waals surface area contributed by atoms with Gasteiger partial charge in [0.25, 0.3) is 0 Å². The highest BCUT2D eigenvalue weighted by atomic mass is 79.9. The third-order valence-corrected chi connectivity index (χ3v) is 6.69. The molecule has 3 rings (SSSR count). The summed E-state index contributed by atoms with van der Waals surface area (Å²) in [5, 5.41) is 3.44. The predicted molar refractivity (Wildman–Crippen MR) is 118 cm³/mol. The minimum atomic E-state index is -0.482. The number of nitrogens with one attached hydrogen (secondary N) is 1. The average Bonchev–Trinajstić information content (AvgIpc) is 2.68. The molecule has 1 N–H and O–H groups in total. The Hall–Kier alpha value is -0.910. The second-order valence-corrected chi connectivity index (χ2v) is 10.3. The monoisotopic (exact) mass is 450 g/mol. The number of hydrogen-bond donors (Lipinski definition) is 1. The van der Waals surface area contributed by atoms with Gasteiger partial charge in [0.1, 0.15) is 5.60 Å². The molecule has 156 valence electrons. The summed E-state index contributed by atoms with van der Waals surface area (Å²) in [4.78, 5) is 15.5. The van der Waals surface area contributed by atoms with E-state index in [1.54, 1.807) is 0 Å². The molecule has 0 radical (unpaired) electrons. The van der Waals surface area contributed by atoms with E-state index in [2.05, 4.69) is 50.4 Å². The standard InChI is InChI=1S/C23H35BrN2O2/c1-22(2,3)21(27)28-23(11-5-4-6-12-23)20(17-26-15-13-25-14-16-26)18-7-9-19(24)10-8-18/h7-10,20,25H,4-6,11-17H2,1-3H3. The van der Waals surface area contributed by atoms with Crippen molar-refractivity contribution in [3.05, 3.63) is 34.3 Å². The SMILES string of the molecule is CC(C)(C)C(=O)OC1(C(CN2CCNCC2)c2ccc(Br)cc2)CCCCC1. The largest absolute Gasteiger partial charge is 0.458 e. The van der Waals surface area contributed by atoms with Gasteiger partial charge in [-0.2, -0.15) is 0 Å². The summed E-state index contributed by atoms with van der Waals surface area (Å²) in [6.07, 6.45) is 5.41. The third-order valence-electron chi connectivity index (χ3n) is 6.17. The fourth-order valence-corrected chi connectivity index (χ4v) is 4.70. The Balaban J connectivity index is 1.94. The Labute approximate surface area is 178 Å². The molecule has 1 unspecified atom stereocenters. The summed E-state index contributed by atoms with van der Waals surface area (Å²) in [5.41, 5.74) is 0.399. The molecule has 1 heterocycles. The smallest absolute Gasteiger partial charge is 0.311 e. The molecule has 0 amide bonds. The van der Waals surface area contributed by atoms with E-state index in [1.807, 2.05) is 20.8 Å². The van der Waals surface area contributed by atoms with Crippen molar-refractivity contribution < 1.29 is 9.53 Å². The predicted octanol–water partition coefficient (Wildman–Crippen LogP) is 4.73. The lowest BCUT2D eigenvalue weighted by molar-refractivity contribution is -0.177. The molecule has 1 saturated carbocycles. The van der Waals surface area contributed by atoms with Crippen LogP contribution in [-0.4, -0.2) is 49.2 Å². The number of piperazine rings is 1. The first-order valence-corrected chi connectivity index (χ1v) is 11.5. The van der Waals surface area contributed by atoms with Crippen molar-refractivity contribution in [2.75, 3.05) is 32.7 Å². The van der Waals surface area contributed by atoms with Crippen LogP contribution >= 0.6 is 15.9 Å². The molecule has 1 aromatic rings. The Morgan fingerprint density at radius 2 is 1.75 bits per heavy atom. The minimum Gasteiger partial charge on any atom is -0.458 e. The molecule has 1 saturated heterocycles. The second-order valence-electron chi connectivity index (χ2n) is 9.42. The van der Waals surface area contributed by atoms with Crippen molar-refractivity contribution in [3.8, 4) is 0 Å². The van der Waals surface area contributed by atoms with Gasteiger partial charge in [-0.05, 0) is 64.2 Å². The van der Waals surface area contributed by atoms with E-state index in [0.717, 1.165) is 62.9 Å². The van der Waals surface area contributed by atoms with Crippen LogP contribution in [0, 0.1) is 5.41 Å². The van der Waals surface area contributed by atoms with Crippen LogP contribution in [0.25, 0.3) is 0 Å². The van der Waals surface area contributed by atoms with Crippen LogP contribution in [0.3, 0.4) is 0 Å². The van der Waals surface area contributed by atoms with Gasteiger partial charge in [-0.3, -0.25) is 4.79 Å². The summed E-state index contributed by atoms with van der Waals surface area (Å²) in [6.45, 7) is 11.0. The quantitative estimate of drug-likeness (QED) is 0.658. The van der Waals surface area contributed by atoms with Gasteiger partial charge in [-0.15, -0.1) is 0 Å². The Morgan fingerprint density at radius 1 is 1.14 bits per heavy atom. The van der Waals surface area contributed by atoms with Crippen molar-refractivity contribution >= 4 is 21.9 Å². The van der Waals surface area contributed by atoms with E-state index in [0.29, 0.717) is 0 Å². The van der Waals surface area contributed by atoms with Gasteiger partial charge in [0.05, 0.1) is 5.41 Å². The molecular weight excluding hydrogens is 416 g/mol. The second kappa shape index (κ2) is 9.27. The lowest BCUT2D eigenvalue weighted by atomic mass is 9.72. The molecule has 2 aliphatic rings. The molecular formula is C23H35BrN2O2. The number of esters is 1. The van der Waals surface area contributed by atoms with E-state index in [-0.39, 0.29) is 11.9 Å². The molecule has 0 bridgehead atoms. The zero-order valence-electron chi connectivity index (χ0n) is 17.6. The van der Waals surface area contributed by atoms with Gasteiger partial charge < -0.3 is 15.0 Å². The van der Waals surface area contributed by atoms with Crippen molar-refractivity contribution in [1.29, 1.82) is 0 Å². The summed E-state index contributed by atoms with van der Waals surface area (Å²) in [7, 11) is 0. The number of carbonyl (C=O) groups is 1. The molecule has 0 spiro atoms. The van der Waals surface area contributed by atoms with Crippen LogP contribution in [0.2, 0.25) is 0 Å². The molecule has 5 heteroatoms. The van der Waals surface area contributed by atoms with E-state index >= 15 is 0 Å². The maximum Gasteiger partial charge on any atom is 0.311 e. The maximum absolute atomic E-state index is 13.0. The van der Waals surface area contributed by atoms with E-state index in [1.165, 1.54) is 12.0 Å². The van der Waals surface area contributed by atoms with Crippen LogP contribution in [-0.2, 0) is 9.53 Å². The van der Waals surface area contributed by atoms with Gasteiger partial charge in [-0.1, -0.05) is 34.5 Å². The number of benzene rings is 1. The Morgan fingerprint density at radius 3 is 2.32 bits per heavy atom.